The summed E-state index contributed by atoms with van der Waals surface area (Å²) in [6.45, 7) is 8.11. The fourth-order valence-corrected chi connectivity index (χ4v) is 3.01. The summed E-state index contributed by atoms with van der Waals surface area (Å²) >= 11 is 0. The topological polar surface area (TPSA) is 66.9 Å². The first-order valence-electron chi connectivity index (χ1n) is 7.59. The maximum absolute atomic E-state index is 12.0. The first kappa shape index (κ1) is 17.6. The van der Waals surface area contributed by atoms with Crippen molar-refractivity contribution in [2.75, 3.05) is 37.3 Å². The van der Waals surface area contributed by atoms with Gasteiger partial charge < -0.3 is 14.5 Å². The maximum atomic E-state index is 12.0. The van der Waals surface area contributed by atoms with Gasteiger partial charge in [0.15, 0.2) is 9.84 Å². The van der Waals surface area contributed by atoms with Crippen LogP contribution in [0.5, 0.6) is 0 Å². The smallest absolute Gasteiger partial charge is 0.410 e. The van der Waals surface area contributed by atoms with Crippen molar-refractivity contribution in [1.29, 1.82) is 0 Å². The molecule has 1 fully saturated rings. The van der Waals surface area contributed by atoms with Gasteiger partial charge in [-0.05, 0) is 45.0 Å². The van der Waals surface area contributed by atoms with Crippen LogP contribution in [0.4, 0.5) is 10.5 Å². The van der Waals surface area contributed by atoms with Gasteiger partial charge in [0.2, 0.25) is 0 Å². The monoisotopic (exact) mass is 340 g/mol. The van der Waals surface area contributed by atoms with E-state index < -0.39 is 15.4 Å². The minimum atomic E-state index is -3.18. The summed E-state index contributed by atoms with van der Waals surface area (Å²) in [7, 11) is -3.18. The number of hydrogen-bond acceptors (Lipinski definition) is 5. The molecule has 1 aromatic carbocycles. The molecule has 0 aliphatic carbocycles. The Kier molecular flexibility index (Phi) is 4.89. The van der Waals surface area contributed by atoms with E-state index in [9.17, 15) is 13.2 Å². The van der Waals surface area contributed by atoms with E-state index >= 15 is 0 Å². The Morgan fingerprint density at radius 3 is 2.00 bits per heavy atom. The number of carbonyl (C=O) groups excluding carboxylic acids is 1. The zero-order chi connectivity index (χ0) is 17.3. The number of anilines is 1. The minimum absolute atomic E-state index is 0.287. The van der Waals surface area contributed by atoms with Crippen LogP contribution in [0.15, 0.2) is 29.2 Å². The van der Waals surface area contributed by atoms with Crippen molar-refractivity contribution in [1.82, 2.24) is 4.90 Å². The van der Waals surface area contributed by atoms with Crippen LogP contribution < -0.4 is 4.90 Å². The molecule has 1 saturated heterocycles. The molecule has 1 heterocycles. The van der Waals surface area contributed by atoms with E-state index in [2.05, 4.69) is 4.90 Å². The lowest BCUT2D eigenvalue weighted by molar-refractivity contribution is 0.0240. The highest BCUT2D eigenvalue weighted by atomic mass is 32.2. The summed E-state index contributed by atoms with van der Waals surface area (Å²) < 4.78 is 28.3. The number of benzene rings is 1. The number of ether oxygens (including phenoxy) is 1. The third-order valence-corrected chi connectivity index (χ3v) is 4.69. The number of rotatable bonds is 2. The molecule has 1 aliphatic rings. The number of piperazine rings is 1. The predicted molar refractivity (Wildman–Crippen MR) is 89.6 cm³/mol. The van der Waals surface area contributed by atoms with Crippen molar-refractivity contribution in [3.05, 3.63) is 24.3 Å². The molecule has 1 aromatic rings. The molecule has 0 radical (unpaired) electrons. The van der Waals surface area contributed by atoms with Gasteiger partial charge in [0.25, 0.3) is 0 Å². The molecule has 0 unspecified atom stereocenters. The van der Waals surface area contributed by atoms with E-state index in [-0.39, 0.29) is 6.09 Å². The van der Waals surface area contributed by atoms with Gasteiger partial charge in [-0.25, -0.2) is 13.2 Å². The van der Waals surface area contributed by atoms with Crippen LogP contribution in [-0.4, -0.2) is 57.4 Å². The molecule has 0 saturated carbocycles. The molecular formula is C16H24N2O4S. The maximum Gasteiger partial charge on any atom is 0.410 e. The van der Waals surface area contributed by atoms with Crippen LogP contribution in [-0.2, 0) is 14.6 Å². The Morgan fingerprint density at radius 2 is 1.57 bits per heavy atom. The van der Waals surface area contributed by atoms with Gasteiger partial charge in [-0.2, -0.15) is 0 Å². The second-order valence-electron chi connectivity index (χ2n) is 6.72. The van der Waals surface area contributed by atoms with Crippen molar-refractivity contribution < 1.29 is 17.9 Å². The second kappa shape index (κ2) is 6.39. The standard InChI is InChI=1S/C16H24N2O4S/c1-16(2,3)22-15(19)18-11-9-17(10-12-18)13-5-7-14(8-6-13)23(4,20)21/h5-8H,9-12H2,1-4H3. The Bertz CT molecular complexity index is 654. The second-order valence-corrected chi connectivity index (χ2v) is 8.74. The number of nitrogens with zero attached hydrogens (tertiary/aromatic N) is 2. The quantitative estimate of drug-likeness (QED) is 0.825. The van der Waals surface area contributed by atoms with Crippen molar-refractivity contribution in [3.63, 3.8) is 0 Å². The molecule has 0 bridgehead atoms. The lowest BCUT2D eigenvalue weighted by Crippen LogP contribution is -2.50. The van der Waals surface area contributed by atoms with Crippen LogP contribution >= 0.6 is 0 Å². The molecule has 23 heavy (non-hydrogen) atoms. The fraction of sp³-hybridized carbons (Fsp3) is 0.562. The first-order chi connectivity index (χ1) is 10.6. The van der Waals surface area contributed by atoms with Crippen LogP contribution in [0.3, 0.4) is 0 Å². The highest BCUT2D eigenvalue weighted by molar-refractivity contribution is 7.90. The Labute approximate surface area is 137 Å². The lowest BCUT2D eigenvalue weighted by Gasteiger charge is -2.36. The normalized spacial score (nSPS) is 16.3. The van der Waals surface area contributed by atoms with Crippen LogP contribution in [0, 0.1) is 0 Å². The van der Waals surface area contributed by atoms with Crippen LogP contribution in [0.2, 0.25) is 0 Å². The first-order valence-corrected chi connectivity index (χ1v) is 9.48. The van der Waals surface area contributed by atoms with E-state index in [0.717, 1.165) is 5.69 Å². The summed E-state index contributed by atoms with van der Waals surface area (Å²) in [6, 6.07) is 6.84. The Morgan fingerprint density at radius 1 is 1.04 bits per heavy atom. The summed E-state index contributed by atoms with van der Waals surface area (Å²) in [5.74, 6) is 0. The van der Waals surface area contributed by atoms with Gasteiger partial charge in [-0.1, -0.05) is 0 Å². The molecule has 2 rings (SSSR count). The van der Waals surface area contributed by atoms with Crippen molar-refractivity contribution >= 4 is 21.6 Å². The van der Waals surface area contributed by atoms with Crippen molar-refractivity contribution in [2.45, 2.75) is 31.3 Å². The van der Waals surface area contributed by atoms with Gasteiger partial charge in [0, 0.05) is 38.1 Å². The average Bonchev–Trinajstić information content (AvgIpc) is 2.45. The van der Waals surface area contributed by atoms with Gasteiger partial charge in [-0.3, -0.25) is 0 Å². The molecule has 0 N–H and O–H groups in total. The number of hydrogen-bond donors (Lipinski definition) is 0. The fourth-order valence-electron chi connectivity index (χ4n) is 2.38. The molecule has 1 amide bonds. The number of sulfone groups is 1. The lowest BCUT2D eigenvalue weighted by atomic mass is 10.2. The zero-order valence-electron chi connectivity index (χ0n) is 14.1. The minimum Gasteiger partial charge on any atom is -0.444 e. The number of carbonyl (C=O) groups is 1. The van der Waals surface area contributed by atoms with Gasteiger partial charge in [0.05, 0.1) is 4.90 Å². The Balaban J connectivity index is 1.95. The molecule has 0 aromatic heterocycles. The molecule has 0 spiro atoms. The van der Waals surface area contributed by atoms with E-state index in [0.29, 0.717) is 31.1 Å². The predicted octanol–water partition coefficient (Wildman–Crippen LogP) is 2.15. The summed E-state index contributed by atoms with van der Waals surface area (Å²) in [5, 5.41) is 0. The summed E-state index contributed by atoms with van der Waals surface area (Å²) in [4.78, 5) is 16.2. The third kappa shape index (κ3) is 4.86. The molecule has 1 aliphatic heterocycles. The van der Waals surface area contributed by atoms with Crippen LogP contribution in [0.25, 0.3) is 0 Å². The summed E-state index contributed by atoms with van der Waals surface area (Å²) in [5.41, 5.74) is 0.469. The summed E-state index contributed by atoms with van der Waals surface area (Å²) in [6.07, 6.45) is 0.909. The molecule has 0 atom stereocenters. The SMILES string of the molecule is CC(C)(C)OC(=O)N1CCN(c2ccc(S(C)(=O)=O)cc2)CC1. The molecule has 128 valence electrons. The molecular weight excluding hydrogens is 316 g/mol. The largest absolute Gasteiger partial charge is 0.444 e. The highest BCUT2D eigenvalue weighted by Gasteiger charge is 2.26. The van der Waals surface area contributed by atoms with Gasteiger partial charge >= 0.3 is 6.09 Å². The Hall–Kier alpha value is -1.76. The average molecular weight is 340 g/mol. The highest BCUT2D eigenvalue weighted by Crippen LogP contribution is 2.20. The molecule has 6 nitrogen and oxygen atoms in total. The van der Waals surface area contributed by atoms with E-state index in [1.165, 1.54) is 6.26 Å². The third-order valence-electron chi connectivity index (χ3n) is 3.56. The van der Waals surface area contributed by atoms with Gasteiger partial charge in [-0.15, -0.1) is 0 Å². The van der Waals surface area contributed by atoms with Crippen molar-refractivity contribution in [2.24, 2.45) is 0 Å². The van der Waals surface area contributed by atoms with E-state index in [4.69, 9.17) is 4.74 Å². The van der Waals surface area contributed by atoms with E-state index in [1.807, 2.05) is 20.8 Å². The number of amides is 1. The van der Waals surface area contributed by atoms with E-state index in [1.54, 1.807) is 29.2 Å². The zero-order valence-corrected chi connectivity index (χ0v) is 14.9. The van der Waals surface area contributed by atoms with Crippen molar-refractivity contribution in [3.8, 4) is 0 Å². The van der Waals surface area contributed by atoms with Crippen LogP contribution in [0.1, 0.15) is 20.8 Å². The van der Waals surface area contributed by atoms with Gasteiger partial charge in [0.1, 0.15) is 5.60 Å². The molecule has 7 heteroatoms.